The Kier molecular flexibility index (Phi) is 5.33. The van der Waals surface area contributed by atoms with Crippen LogP contribution in [0.25, 0.3) is 0 Å². The molecule has 0 saturated carbocycles. The van der Waals surface area contributed by atoms with E-state index in [9.17, 15) is 4.79 Å². The van der Waals surface area contributed by atoms with Gasteiger partial charge < -0.3 is 19.5 Å². The zero-order valence-corrected chi connectivity index (χ0v) is 13.7. The number of rotatable bonds is 6. The molecule has 0 bridgehead atoms. The Morgan fingerprint density at radius 1 is 1.12 bits per heavy atom. The fraction of sp³-hybridized carbons (Fsp3) is 0.316. The number of carbonyl (C=O) groups excluding carboxylic acids is 1. The Hall–Kier alpha value is -2.53. The molecule has 0 aromatic heterocycles. The molecule has 0 spiro atoms. The molecule has 0 aliphatic carbocycles. The fourth-order valence-electron chi connectivity index (χ4n) is 2.53. The first-order chi connectivity index (χ1) is 11.7. The maximum absolute atomic E-state index is 12.0. The van der Waals surface area contributed by atoms with E-state index in [-0.39, 0.29) is 18.6 Å². The van der Waals surface area contributed by atoms with E-state index in [0.717, 1.165) is 22.6 Å². The molecule has 126 valence electrons. The summed E-state index contributed by atoms with van der Waals surface area (Å²) in [5.41, 5.74) is 2.01. The maximum Gasteiger partial charge on any atom is 0.246 e. The first-order valence-corrected chi connectivity index (χ1v) is 8.03. The smallest absolute Gasteiger partial charge is 0.246 e. The summed E-state index contributed by atoms with van der Waals surface area (Å²) in [6, 6.07) is 15.4. The highest BCUT2D eigenvalue weighted by Crippen LogP contribution is 2.32. The molecule has 3 rings (SSSR count). The molecule has 0 saturated heterocycles. The first-order valence-electron chi connectivity index (χ1n) is 8.03. The zero-order chi connectivity index (χ0) is 16.8. The van der Waals surface area contributed by atoms with E-state index in [0.29, 0.717) is 19.8 Å². The van der Waals surface area contributed by atoms with Crippen molar-refractivity contribution in [1.29, 1.82) is 0 Å². The molecule has 1 aliphatic rings. The second-order valence-corrected chi connectivity index (χ2v) is 5.67. The van der Waals surface area contributed by atoms with Crippen molar-refractivity contribution in [2.45, 2.75) is 19.6 Å². The topological polar surface area (TPSA) is 56.8 Å². The second kappa shape index (κ2) is 7.84. The van der Waals surface area contributed by atoms with Gasteiger partial charge in [0, 0.05) is 0 Å². The molecule has 1 aliphatic heterocycles. The number of carbonyl (C=O) groups is 1. The van der Waals surface area contributed by atoms with Crippen LogP contribution in [0.5, 0.6) is 11.5 Å². The number of hydrogen-bond donors (Lipinski definition) is 1. The number of amides is 1. The van der Waals surface area contributed by atoms with E-state index in [1.165, 1.54) is 0 Å². The predicted molar refractivity (Wildman–Crippen MR) is 90.1 cm³/mol. The monoisotopic (exact) mass is 327 g/mol. The number of ether oxygens (including phenoxy) is 3. The highest BCUT2D eigenvalue weighted by atomic mass is 16.6. The minimum atomic E-state index is -0.145. The van der Waals surface area contributed by atoms with Crippen molar-refractivity contribution < 1.29 is 19.0 Å². The summed E-state index contributed by atoms with van der Waals surface area (Å²) in [4.78, 5) is 12.0. The highest BCUT2D eigenvalue weighted by molar-refractivity contribution is 5.77. The van der Waals surface area contributed by atoms with E-state index < -0.39 is 0 Å². The van der Waals surface area contributed by atoms with Crippen molar-refractivity contribution in [2.24, 2.45) is 0 Å². The van der Waals surface area contributed by atoms with Crippen molar-refractivity contribution in [3.8, 4) is 11.5 Å². The summed E-state index contributed by atoms with van der Waals surface area (Å²) in [5.74, 6) is 1.32. The standard InChI is InChI=1S/C19H21NO4/c1-14(16-7-8-17-18(11-16)24-10-9-23-17)20-19(21)13-22-12-15-5-3-2-4-6-15/h2-8,11,14H,9-10,12-13H2,1H3,(H,20,21). The summed E-state index contributed by atoms with van der Waals surface area (Å²) in [6.07, 6.45) is 0. The van der Waals surface area contributed by atoms with Gasteiger partial charge in [-0.25, -0.2) is 0 Å². The number of fused-ring (bicyclic) bond motifs is 1. The molecule has 1 N–H and O–H groups in total. The van der Waals surface area contributed by atoms with Gasteiger partial charge in [0.2, 0.25) is 5.91 Å². The fourth-order valence-corrected chi connectivity index (χ4v) is 2.53. The largest absolute Gasteiger partial charge is 0.486 e. The molecule has 0 radical (unpaired) electrons. The lowest BCUT2D eigenvalue weighted by Gasteiger charge is -2.21. The summed E-state index contributed by atoms with van der Waals surface area (Å²) in [5, 5.41) is 2.93. The summed E-state index contributed by atoms with van der Waals surface area (Å²) in [6.45, 7) is 3.50. The molecule has 5 heteroatoms. The van der Waals surface area contributed by atoms with Gasteiger partial charge in [0.25, 0.3) is 0 Å². The molecular formula is C19H21NO4. The van der Waals surface area contributed by atoms with Gasteiger partial charge in [-0.3, -0.25) is 4.79 Å². The van der Waals surface area contributed by atoms with Gasteiger partial charge in [-0.05, 0) is 30.2 Å². The Labute approximate surface area is 141 Å². The van der Waals surface area contributed by atoms with Gasteiger partial charge in [0.15, 0.2) is 11.5 Å². The Morgan fingerprint density at radius 3 is 2.67 bits per heavy atom. The Balaban J connectivity index is 1.49. The SMILES string of the molecule is CC(NC(=O)COCc1ccccc1)c1ccc2c(c1)OCCO2. The molecule has 5 nitrogen and oxygen atoms in total. The zero-order valence-electron chi connectivity index (χ0n) is 13.7. The van der Waals surface area contributed by atoms with Crippen molar-refractivity contribution >= 4 is 5.91 Å². The van der Waals surface area contributed by atoms with E-state index in [1.807, 2.05) is 55.5 Å². The van der Waals surface area contributed by atoms with Gasteiger partial charge in [-0.15, -0.1) is 0 Å². The molecule has 2 aromatic carbocycles. The molecule has 2 aromatic rings. The van der Waals surface area contributed by atoms with Crippen LogP contribution < -0.4 is 14.8 Å². The van der Waals surface area contributed by atoms with Crippen LogP contribution in [0, 0.1) is 0 Å². The highest BCUT2D eigenvalue weighted by Gasteiger charge is 2.15. The summed E-state index contributed by atoms with van der Waals surface area (Å²) < 4.78 is 16.5. The van der Waals surface area contributed by atoms with Gasteiger partial charge in [0.1, 0.15) is 19.8 Å². The quantitative estimate of drug-likeness (QED) is 0.886. The summed E-state index contributed by atoms with van der Waals surface area (Å²) in [7, 11) is 0. The Morgan fingerprint density at radius 2 is 1.88 bits per heavy atom. The third-order valence-electron chi connectivity index (χ3n) is 3.79. The summed E-state index contributed by atoms with van der Waals surface area (Å²) >= 11 is 0. The minimum absolute atomic E-state index is 0.0315. The number of benzene rings is 2. The number of nitrogens with one attached hydrogen (secondary N) is 1. The van der Waals surface area contributed by atoms with Crippen LogP contribution in [-0.4, -0.2) is 25.7 Å². The molecule has 1 amide bonds. The molecule has 24 heavy (non-hydrogen) atoms. The molecule has 1 atom stereocenters. The van der Waals surface area contributed by atoms with Gasteiger partial charge in [0.05, 0.1) is 12.6 Å². The van der Waals surface area contributed by atoms with Crippen molar-refractivity contribution in [1.82, 2.24) is 5.32 Å². The molecule has 1 unspecified atom stereocenters. The van der Waals surface area contributed by atoms with Gasteiger partial charge >= 0.3 is 0 Å². The Bertz CT molecular complexity index is 687. The minimum Gasteiger partial charge on any atom is -0.486 e. The average molecular weight is 327 g/mol. The lowest BCUT2D eigenvalue weighted by atomic mass is 10.1. The van der Waals surface area contributed by atoms with Crippen LogP contribution in [0.15, 0.2) is 48.5 Å². The normalized spacial score (nSPS) is 14.0. The van der Waals surface area contributed by atoms with Crippen LogP contribution in [0.1, 0.15) is 24.1 Å². The lowest BCUT2D eigenvalue weighted by molar-refractivity contribution is -0.126. The number of hydrogen-bond acceptors (Lipinski definition) is 4. The van der Waals surface area contributed by atoms with E-state index in [2.05, 4.69) is 5.32 Å². The van der Waals surface area contributed by atoms with Gasteiger partial charge in [-0.1, -0.05) is 36.4 Å². The van der Waals surface area contributed by atoms with E-state index in [4.69, 9.17) is 14.2 Å². The maximum atomic E-state index is 12.0. The molecule has 0 fully saturated rings. The van der Waals surface area contributed by atoms with Crippen LogP contribution >= 0.6 is 0 Å². The second-order valence-electron chi connectivity index (χ2n) is 5.67. The van der Waals surface area contributed by atoms with Crippen LogP contribution in [0.2, 0.25) is 0 Å². The van der Waals surface area contributed by atoms with Crippen LogP contribution in [-0.2, 0) is 16.1 Å². The van der Waals surface area contributed by atoms with Crippen molar-refractivity contribution in [3.05, 3.63) is 59.7 Å². The van der Waals surface area contributed by atoms with Gasteiger partial charge in [-0.2, -0.15) is 0 Å². The predicted octanol–water partition coefficient (Wildman–Crippen LogP) is 2.85. The van der Waals surface area contributed by atoms with Crippen molar-refractivity contribution in [3.63, 3.8) is 0 Å². The van der Waals surface area contributed by atoms with Crippen LogP contribution in [0.4, 0.5) is 0 Å². The van der Waals surface area contributed by atoms with Crippen molar-refractivity contribution in [2.75, 3.05) is 19.8 Å². The third kappa shape index (κ3) is 4.26. The van der Waals surface area contributed by atoms with E-state index in [1.54, 1.807) is 0 Å². The van der Waals surface area contributed by atoms with E-state index >= 15 is 0 Å². The molecular weight excluding hydrogens is 306 g/mol. The average Bonchev–Trinajstić information content (AvgIpc) is 2.62. The molecule has 1 heterocycles. The van der Waals surface area contributed by atoms with Crippen LogP contribution in [0.3, 0.4) is 0 Å². The third-order valence-corrected chi connectivity index (χ3v) is 3.79. The lowest BCUT2D eigenvalue weighted by Crippen LogP contribution is -2.30. The first kappa shape index (κ1) is 16.3.